The van der Waals surface area contributed by atoms with Crippen molar-refractivity contribution >= 4 is 11.6 Å². The van der Waals surface area contributed by atoms with Gasteiger partial charge in [-0.05, 0) is 18.6 Å². The predicted octanol–water partition coefficient (Wildman–Crippen LogP) is 3.08. The predicted molar refractivity (Wildman–Crippen MR) is 59.7 cm³/mol. The van der Waals surface area contributed by atoms with Gasteiger partial charge in [0.25, 0.3) is 5.91 Å². The van der Waals surface area contributed by atoms with Crippen molar-refractivity contribution < 1.29 is 13.6 Å². The molecule has 0 heterocycles. The molecule has 16 heavy (non-hydrogen) atoms. The number of amides is 1. The summed E-state index contributed by atoms with van der Waals surface area (Å²) in [5, 5.41) is 0. The first-order valence-corrected chi connectivity index (χ1v) is 5.31. The van der Waals surface area contributed by atoms with Crippen LogP contribution in [0.25, 0.3) is 0 Å². The Morgan fingerprint density at radius 1 is 1.31 bits per heavy atom. The lowest BCUT2D eigenvalue weighted by molar-refractivity contribution is -0.129. The molecule has 0 unspecified atom stereocenters. The van der Waals surface area contributed by atoms with Crippen LogP contribution in [0.1, 0.15) is 19.8 Å². The van der Waals surface area contributed by atoms with Gasteiger partial charge in [0.05, 0.1) is 0 Å². The Labute approximate surface area is 93.9 Å². The molecule has 0 N–H and O–H groups in total. The van der Waals surface area contributed by atoms with Gasteiger partial charge >= 0.3 is 6.43 Å². The highest BCUT2D eigenvalue weighted by atomic mass is 19.3. The van der Waals surface area contributed by atoms with Crippen molar-refractivity contribution in [1.29, 1.82) is 0 Å². The molecule has 1 aromatic rings. The minimum atomic E-state index is -2.95. The van der Waals surface area contributed by atoms with E-state index in [0.717, 1.165) is 11.3 Å². The van der Waals surface area contributed by atoms with Gasteiger partial charge in [-0.1, -0.05) is 31.5 Å². The Bertz CT molecular complexity index is 327. The Morgan fingerprint density at radius 3 is 2.44 bits per heavy atom. The standard InChI is InChI=1S/C12H15F2NO/c1-2-3-9-15(12(16)11(13)14)10-7-5-4-6-8-10/h4-8,11H,2-3,9H2,1H3. The lowest BCUT2D eigenvalue weighted by atomic mass is 10.2. The van der Waals surface area contributed by atoms with Crippen LogP contribution in [0.15, 0.2) is 30.3 Å². The van der Waals surface area contributed by atoms with E-state index in [2.05, 4.69) is 0 Å². The van der Waals surface area contributed by atoms with Gasteiger partial charge in [-0.15, -0.1) is 0 Å². The molecule has 0 aliphatic heterocycles. The number of para-hydroxylation sites is 1. The largest absolute Gasteiger partial charge is 0.316 e. The van der Waals surface area contributed by atoms with Crippen molar-refractivity contribution in [2.24, 2.45) is 0 Å². The number of alkyl halides is 2. The lowest BCUT2D eigenvalue weighted by Crippen LogP contribution is -2.36. The molecule has 0 saturated carbocycles. The number of hydrogen-bond acceptors (Lipinski definition) is 1. The smallest absolute Gasteiger partial charge is 0.307 e. The van der Waals surface area contributed by atoms with Crippen molar-refractivity contribution in [1.82, 2.24) is 0 Å². The van der Waals surface area contributed by atoms with Crippen LogP contribution < -0.4 is 4.90 Å². The van der Waals surface area contributed by atoms with E-state index in [1.807, 2.05) is 6.92 Å². The number of unbranched alkanes of at least 4 members (excludes halogenated alkanes) is 1. The first-order chi connectivity index (χ1) is 7.66. The fourth-order valence-corrected chi connectivity index (χ4v) is 1.41. The number of benzene rings is 1. The average molecular weight is 227 g/mol. The van der Waals surface area contributed by atoms with Crippen LogP contribution in [-0.2, 0) is 4.79 Å². The van der Waals surface area contributed by atoms with Gasteiger partial charge in [-0.25, -0.2) is 0 Å². The lowest BCUT2D eigenvalue weighted by Gasteiger charge is -2.22. The summed E-state index contributed by atoms with van der Waals surface area (Å²) >= 11 is 0. The third-order valence-corrected chi connectivity index (χ3v) is 2.26. The summed E-state index contributed by atoms with van der Waals surface area (Å²) in [4.78, 5) is 12.5. The number of hydrogen-bond donors (Lipinski definition) is 0. The van der Waals surface area contributed by atoms with Crippen LogP contribution in [0, 0.1) is 0 Å². The van der Waals surface area contributed by atoms with Gasteiger partial charge in [0.2, 0.25) is 0 Å². The molecule has 0 aliphatic rings. The summed E-state index contributed by atoms with van der Waals surface area (Å²) in [6.07, 6.45) is -1.37. The van der Waals surface area contributed by atoms with Crippen molar-refractivity contribution in [3.05, 3.63) is 30.3 Å². The van der Waals surface area contributed by atoms with Gasteiger partial charge in [0.15, 0.2) is 0 Å². The zero-order chi connectivity index (χ0) is 12.0. The van der Waals surface area contributed by atoms with E-state index < -0.39 is 12.3 Å². The van der Waals surface area contributed by atoms with Gasteiger partial charge in [0, 0.05) is 12.2 Å². The molecule has 0 aromatic heterocycles. The van der Waals surface area contributed by atoms with Crippen molar-refractivity contribution in [3.63, 3.8) is 0 Å². The molecule has 1 amide bonds. The molecular formula is C12H15F2NO. The molecule has 0 bridgehead atoms. The van der Waals surface area contributed by atoms with Crippen LogP contribution in [0.2, 0.25) is 0 Å². The summed E-state index contributed by atoms with van der Waals surface area (Å²) in [5.41, 5.74) is 0.529. The third-order valence-electron chi connectivity index (χ3n) is 2.26. The molecule has 1 rings (SSSR count). The van der Waals surface area contributed by atoms with E-state index in [9.17, 15) is 13.6 Å². The second kappa shape index (κ2) is 6.20. The number of nitrogens with zero attached hydrogens (tertiary/aromatic N) is 1. The minimum absolute atomic E-state index is 0.337. The van der Waals surface area contributed by atoms with E-state index in [1.165, 1.54) is 0 Å². The topological polar surface area (TPSA) is 20.3 Å². The van der Waals surface area contributed by atoms with E-state index in [0.29, 0.717) is 18.7 Å². The van der Waals surface area contributed by atoms with Crippen molar-refractivity contribution in [2.75, 3.05) is 11.4 Å². The van der Waals surface area contributed by atoms with Gasteiger partial charge in [-0.3, -0.25) is 4.79 Å². The van der Waals surface area contributed by atoms with Crippen LogP contribution in [0.3, 0.4) is 0 Å². The monoisotopic (exact) mass is 227 g/mol. The second-order valence-corrected chi connectivity index (χ2v) is 3.48. The maximum Gasteiger partial charge on any atom is 0.316 e. The van der Waals surface area contributed by atoms with E-state index in [4.69, 9.17) is 0 Å². The van der Waals surface area contributed by atoms with Crippen LogP contribution in [-0.4, -0.2) is 18.9 Å². The quantitative estimate of drug-likeness (QED) is 0.757. The molecule has 0 atom stereocenters. The highest BCUT2D eigenvalue weighted by Gasteiger charge is 2.23. The summed E-state index contributed by atoms with van der Waals surface area (Å²) in [6, 6.07) is 8.57. The average Bonchev–Trinajstić information content (AvgIpc) is 2.30. The third kappa shape index (κ3) is 3.29. The second-order valence-electron chi connectivity index (χ2n) is 3.48. The van der Waals surface area contributed by atoms with E-state index in [1.54, 1.807) is 30.3 Å². The summed E-state index contributed by atoms with van der Waals surface area (Å²) in [5.74, 6) is -1.13. The van der Waals surface area contributed by atoms with Crippen LogP contribution in [0.4, 0.5) is 14.5 Å². The molecule has 0 spiro atoms. The highest BCUT2D eigenvalue weighted by molar-refractivity contribution is 5.95. The maximum atomic E-state index is 12.4. The van der Waals surface area contributed by atoms with E-state index in [-0.39, 0.29) is 0 Å². The molecule has 0 fully saturated rings. The number of rotatable bonds is 5. The van der Waals surface area contributed by atoms with Gasteiger partial charge in [0.1, 0.15) is 0 Å². The first-order valence-electron chi connectivity index (χ1n) is 5.31. The van der Waals surface area contributed by atoms with Crippen molar-refractivity contribution in [2.45, 2.75) is 26.2 Å². The maximum absolute atomic E-state index is 12.4. The zero-order valence-electron chi connectivity index (χ0n) is 9.20. The molecular weight excluding hydrogens is 212 g/mol. The fraction of sp³-hybridized carbons (Fsp3) is 0.417. The van der Waals surface area contributed by atoms with Gasteiger partial charge in [-0.2, -0.15) is 8.78 Å². The van der Waals surface area contributed by atoms with E-state index >= 15 is 0 Å². The Balaban J connectivity index is 2.83. The van der Waals surface area contributed by atoms with Crippen LogP contribution >= 0.6 is 0 Å². The highest BCUT2D eigenvalue weighted by Crippen LogP contribution is 2.16. The molecule has 4 heteroatoms. The summed E-state index contributed by atoms with van der Waals surface area (Å²) < 4.78 is 24.8. The van der Waals surface area contributed by atoms with Crippen LogP contribution in [0.5, 0.6) is 0 Å². The first kappa shape index (κ1) is 12.6. The zero-order valence-corrected chi connectivity index (χ0v) is 9.20. The Hall–Kier alpha value is -1.45. The summed E-state index contributed by atoms with van der Waals surface area (Å²) in [6.45, 7) is 2.29. The number of carbonyl (C=O) groups is 1. The number of carbonyl (C=O) groups excluding carboxylic acids is 1. The summed E-state index contributed by atoms with van der Waals surface area (Å²) in [7, 11) is 0. The normalized spacial score (nSPS) is 10.5. The molecule has 1 aromatic carbocycles. The molecule has 0 aliphatic carbocycles. The SMILES string of the molecule is CCCCN(C(=O)C(F)F)c1ccccc1. The number of anilines is 1. The molecule has 88 valence electrons. The number of halogens is 2. The van der Waals surface area contributed by atoms with Crippen molar-refractivity contribution in [3.8, 4) is 0 Å². The Kier molecular flexibility index (Phi) is 4.89. The minimum Gasteiger partial charge on any atom is -0.307 e. The molecule has 0 saturated heterocycles. The fourth-order valence-electron chi connectivity index (χ4n) is 1.41. The molecule has 0 radical (unpaired) electrons. The van der Waals surface area contributed by atoms with Gasteiger partial charge < -0.3 is 4.90 Å². The Morgan fingerprint density at radius 2 is 1.94 bits per heavy atom. The molecule has 2 nitrogen and oxygen atoms in total.